The maximum atomic E-state index is 12.9. The fraction of sp³-hybridized carbons (Fsp3) is 0.158. The number of amides is 1. The van der Waals surface area contributed by atoms with Crippen LogP contribution in [0.3, 0.4) is 0 Å². The second-order valence-electron chi connectivity index (χ2n) is 5.86. The molecule has 1 aliphatic heterocycles. The van der Waals surface area contributed by atoms with Gasteiger partial charge in [0, 0.05) is 5.02 Å². The molecular weight excluding hydrogens is 386 g/mol. The first kappa shape index (κ1) is 19.4. The lowest BCUT2D eigenvalue weighted by molar-refractivity contribution is -0.385. The van der Waals surface area contributed by atoms with E-state index in [0.29, 0.717) is 22.2 Å². The van der Waals surface area contributed by atoms with Crippen molar-refractivity contribution >= 4 is 40.7 Å². The summed E-state index contributed by atoms with van der Waals surface area (Å²) in [5.41, 5.74) is 1.15. The molecule has 28 heavy (non-hydrogen) atoms. The van der Waals surface area contributed by atoms with Crippen molar-refractivity contribution in [2.75, 3.05) is 19.2 Å². The number of nitro groups is 1. The molecule has 1 heterocycles. The third kappa shape index (κ3) is 3.54. The number of hydrogen-bond donors (Lipinski definition) is 0. The number of benzene rings is 2. The minimum atomic E-state index is -0.547. The molecule has 0 saturated heterocycles. The SMILES string of the molecule is COc1cc(/C=C2\C(=O)N(c3cccc(Cl)c3)N=C2C)c([N+](=O)[O-])cc1OC. The average molecular weight is 402 g/mol. The highest BCUT2D eigenvalue weighted by molar-refractivity contribution is 6.33. The summed E-state index contributed by atoms with van der Waals surface area (Å²) >= 11 is 5.99. The highest BCUT2D eigenvalue weighted by Crippen LogP contribution is 2.36. The van der Waals surface area contributed by atoms with Gasteiger partial charge in [-0.25, -0.2) is 0 Å². The Hall–Kier alpha value is -3.39. The molecule has 0 unspecified atom stereocenters. The van der Waals surface area contributed by atoms with Crippen LogP contribution in [0.1, 0.15) is 12.5 Å². The monoisotopic (exact) mass is 401 g/mol. The Morgan fingerprint density at radius 3 is 2.46 bits per heavy atom. The van der Waals surface area contributed by atoms with E-state index >= 15 is 0 Å². The van der Waals surface area contributed by atoms with Crippen molar-refractivity contribution in [3.63, 3.8) is 0 Å². The number of carbonyl (C=O) groups is 1. The Bertz CT molecular complexity index is 1030. The fourth-order valence-corrected chi connectivity index (χ4v) is 2.96. The van der Waals surface area contributed by atoms with Crippen LogP contribution in [0.25, 0.3) is 6.08 Å². The molecule has 8 nitrogen and oxygen atoms in total. The van der Waals surface area contributed by atoms with E-state index in [2.05, 4.69) is 5.10 Å². The summed E-state index contributed by atoms with van der Waals surface area (Å²) in [6.45, 7) is 1.65. The lowest BCUT2D eigenvalue weighted by atomic mass is 10.0. The number of hydrazone groups is 1. The number of carbonyl (C=O) groups excluding carboxylic acids is 1. The summed E-state index contributed by atoms with van der Waals surface area (Å²) < 4.78 is 10.3. The zero-order chi connectivity index (χ0) is 20.4. The first-order chi connectivity index (χ1) is 13.3. The predicted octanol–water partition coefficient (Wildman–Crippen LogP) is 4.07. The van der Waals surface area contributed by atoms with Crippen molar-refractivity contribution in [2.45, 2.75) is 6.92 Å². The molecular formula is C19H16ClN3O5. The number of anilines is 1. The van der Waals surface area contributed by atoms with E-state index < -0.39 is 10.8 Å². The van der Waals surface area contributed by atoms with Crippen LogP contribution < -0.4 is 14.5 Å². The minimum absolute atomic E-state index is 0.202. The van der Waals surface area contributed by atoms with Crippen LogP contribution in [0, 0.1) is 10.1 Å². The normalized spacial score (nSPS) is 15.0. The smallest absolute Gasteiger partial charge is 0.280 e. The van der Waals surface area contributed by atoms with Gasteiger partial charge in [0.25, 0.3) is 11.6 Å². The number of hydrogen-bond acceptors (Lipinski definition) is 6. The van der Waals surface area contributed by atoms with Crippen LogP contribution in [0.2, 0.25) is 5.02 Å². The van der Waals surface area contributed by atoms with Gasteiger partial charge in [0.1, 0.15) is 0 Å². The number of nitrogens with zero attached hydrogens (tertiary/aromatic N) is 3. The van der Waals surface area contributed by atoms with Crippen LogP contribution in [0.4, 0.5) is 11.4 Å². The van der Waals surface area contributed by atoms with Crippen molar-refractivity contribution in [1.82, 2.24) is 0 Å². The van der Waals surface area contributed by atoms with Gasteiger partial charge in [0.2, 0.25) is 0 Å². The van der Waals surface area contributed by atoms with Gasteiger partial charge in [0.05, 0.1) is 47.7 Å². The topological polar surface area (TPSA) is 94.3 Å². The maximum absolute atomic E-state index is 12.9. The number of methoxy groups -OCH3 is 2. The molecule has 2 aromatic rings. The van der Waals surface area contributed by atoms with Crippen molar-refractivity contribution in [1.29, 1.82) is 0 Å². The summed E-state index contributed by atoms with van der Waals surface area (Å²) in [5, 5.41) is 17.4. The molecule has 0 N–H and O–H groups in total. The first-order valence-electron chi connectivity index (χ1n) is 8.13. The van der Waals surface area contributed by atoms with Crippen molar-refractivity contribution in [2.24, 2.45) is 5.10 Å². The van der Waals surface area contributed by atoms with Gasteiger partial charge in [-0.1, -0.05) is 17.7 Å². The summed E-state index contributed by atoms with van der Waals surface area (Å²) in [6.07, 6.45) is 1.42. The molecule has 0 atom stereocenters. The zero-order valence-electron chi connectivity index (χ0n) is 15.3. The maximum Gasteiger partial charge on any atom is 0.280 e. The van der Waals surface area contributed by atoms with Crippen molar-refractivity contribution < 1.29 is 19.2 Å². The molecule has 144 valence electrons. The molecule has 0 saturated carbocycles. The quantitative estimate of drug-likeness (QED) is 0.427. The second-order valence-corrected chi connectivity index (χ2v) is 6.30. The molecule has 0 aromatic heterocycles. The van der Waals surface area contributed by atoms with Gasteiger partial charge < -0.3 is 9.47 Å². The van der Waals surface area contributed by atoms with E-state index in [1.165, 1.54) is 37.4 Å². The van der Waals surface area contributed by atoms with E-state index in [0.717, 1.165) is 0 Å². The summed E-state index contributed by atoms with van der Waals surface area (Å²) in [6, 6.07) is 9.40. The van der Waals surface area contributed by atoms with Gasteiger partial charge in [-0.15, -0.1) is 0 Å². The summed E-state index contributed by atoms with van der Waals surface area (Å²) in [7, 11) is 2.81. The summed E-state index contributed by atoms with van der Waals surface area (Å²) in [5.74, 6) is 0.121. The largest absolute Gasteiger partial charge is 0.493 e. The molecule has 0 radical (unpaired) electrons. The lowest BCUT2D eigenvalue weighted by Gasteiger charge is -2.12. The average Bonchev–Trinajstić information content (AvgIpc) is 2.95. The Morgan fingerprint density at radius 2 is 1.86 bits per heavy atom. The minimum Gasteiger partial charge on any atom is -0.493 e. The van der Waals surface area contributed by atoms with Crippen LogP contribution in [0.5, 0.6) is 11.5 Å². The van der Waals surface area contributed by atoms with Crippen LogP contribution >= 0.6 is 11.6 Å². The van der Waals surface area contributed by atoms with E-state index in [1.54, 1.807) is 31.2 Å². The molecule has 0 bridgehead atoms. The molecule has 1 amide bonds. The van der Waals surface area contributed by atoms with Gasteiger partial charge in [-0.2, -0.15) is 10.1 Å². The lowest BCUT2D eigenvalue weighted by Crippen LogP contribution is -2.21. The highest BCUT2D eigenvalue weighted by atomic mass is 35.5. The van der Waals surface area contributed by atoms with Crippen LogP contribution in [-0.4, -0.2) is 30.8 Å². The van der Waals surface area contributed by atoms with E-state index in [1.807, 2.05) is 0 Å². The van der Waals surface area contributed by atoms with Crippen LogP contribution in [0.15, 0.2) is 47.1 Å². The van der Waals surface area contributed by atoms with Crippen molar-refractivity contribution in [3.05, 3.63) is 62.7 Å². The predicted molar refractivity (Wildman–Crippen MR) is 106 cm³/mol. The molecule has 1 aliphatic rings. The zero-order valence-corrected chi connectivity index (χ0v) is 16.1. The van der Waals surface area contributed by atoms with Crippen LogP contribution in [-0.2, 0) is 4.79 Å². The molecule has 3 rings (SSSR count). The van der Waals surface area contributed by atoms with Crippen molar-refractivity contribution in [3.8, 4) is 11.5 Å². The Labute approximate surface area is 165 Å². The van der Waals surface area contributed by atoms with E-state index in [-0.39, 0.29) is 22.6 Å². The Morgan fingerprint density at radius 1 is 1.18 bits per heavy atom. The van der Waals surface area contributed by atoms with E-state index in [4.69, 9.17) is 21.1 Å². The molecule has 0 spiro atoms. The van der Waals surface area contributed by atoms with Gasteiger partial charge in [-0.05, 0) is 37.3 Å². The third-order valence-corrected chi connectivity index (χ3v) is 4.38. The van der Waals surface area contributed by atoms with Gasteiger partial charge >= 0.3 is 0 Å². The molecule has 2 aromatic carbocycles. The number of nitro benzene ring substituents is 1. The first-order valence-corrected chi connectivity index (χ1v) is 8.51. The Kier molecular flexibility index (Phi) is 5.32. The van der Waals surface area contributed by atoms with E-state index in [9.17, 15) is 14.9 Å². The summed E-state index contributed by atoms with van der Waals surface area (Å²) in [4.78, 5) is 23.8. The molecule has 9 heteroatoms. The number of halogens is 1. The Balaban J connectivity index is 2.08. The highest BCUT2D eigenvalue weighted by Gasteiger charge is 2.30. The number of ether oxygens (including phenoxy) is 2. The number of rotatable bonds is 5. The second kappa shape index (κ2) is 7.69. The standard InChI is InChI=1S/C19H16ClN3O5/c1-11-15(19(24)22(21-11)14-6-4-5-13(20)9-14)7-12-8-17(27-2)18(28-3)10-16(12)23(25)26/h4-10H,1-3H3/b15-7-. The fourth-order valence-electron chi connectivity index (χ4n) is 2.78. The van der Waals surface area contributed by atoms with Gasteiger partial charge in [-0.3, -0.25) is 14.9 Å². The third-order valence-electron chi connectivity index (χ3n) is 4.14. The molecule has 0 aliphatic carbocycles. The molecule has 0 fully saturated rings. The van der Waals surface area contributed by atoms with Gasteiger partial charge in [0.15, 0.2) is 11.5 Å².